The van der Waals surface area contributed by atoms with Crippen molar-refractivity contribution < 1.29 is 4.74 Å². The maximum absolute atomic E-state index is 6.38. The number of hydrogen-bond acceptors (Lipinski definition) is 2. The molecule has 0 aliphatic carbocycles. The van der Waals surface area contributed by atoms with Crippen LogP contribution in [-0.4, -0.2) is 0 Å². The lowest BCUT2D eigenvalue weighted by Gasteiger charge is -2.29. The van der Waals surface area contributed by atoms with Crippen LogP contribution in [0.5, 0.6) is 11.5 Å². The van der Waals surface area contributed by atoms with Crippen molar-refractivity contribution in [2.24, 2.45) is 0 Å². The molecule has 0 saturated carbocycles. The highest BCUT2D eigenvalue weighted by molar-refractivity contribution is 6.07. The molecule has 0 N–H and O–H groups in total. The van der Waals surface area contributed by atoms with Gasteiger partial charge in [-0.05, 0) is 115 Å². The second-order valence-corrected chi connectivity index (χ2v) is 14.5. The van der Waals surface area contributed by atoms with Crippen LogP contribution < -0.4 is 9.64 Å². The van der Waals surface area contributed by atoms with E-state index >= 15 is 0 Å². The lowest BCUT2D eigenvalue weighted by atomic mass is 9.90. The van der Waals surface area contributed by atoms with E-state index in [-0.39, 0.29) is 0 Å². The summed E-state index contributed by atoms with van der Waals surface area (Å²) in [6.45, 7) is 0. The molecule has 0 radical (unpaired) electrons. The Morgan fingerprint density at radius 2 is 0.839 bits per heavy atom. The van der Waals surface area contributed by atoms with Crippen molar-refractivity contribution in [3.63, 3.8) is 0 Å². The molecule has 0 aromatic heterocycles. The van der Waals surface area contributed by atoms with Gasteiger partial charge in [0.15, 0.2) is 0 Å². The highest BCUT2D eigenvalue weighted by Gasteiger charge is 2.23. The largest absolute Gasteiger partial charge is 0.456 e. The number of fused-ring (bicyclic) bond motifs is 4. The molecule has 0 saturated heterocycles. The predicted molar refractivity (Wildman–Crippen MR) is 235 cm³/mol. The van der Waals surface area contributed by atoms with E-state index in [9.17, 15) is 0 Å². The third kappa shape index (κ3) is 5.34. The van der Waals surface area contributed by atoms with Crippen LogP contribution in [0.3, 0.4) is 0 Å². The first-order chi connectivity index (χ1) is 27.8. The summed E-state index contributed by atoms with van der Waals surface area (Å²) in [7, 11) is 0. The molecule has 0 atom stereocenters. The molecule has 0 fully saturated rings. The van der Waals surface area contributed by atoms with Gasteiger partial charge in [0.05, 0.1) is 5.69 Å². The topological polar surface area (TPSA) is 12.5 Å². The van der Waals surface area contributed by atoms with Gasteiger partial charge in [-0.3, -0.25) is 0 Å². The zero-order valence-electron chi connectivity index (χ0n) is 30.6. The molecule has 11 rings (SSSR count). The van der Waals surface area contributed by atoms with Crippen LogP contribution in [0.15, 0.2) is 212 Å². The Morgan fingerprint density at radius 3 is 1.64 bits per heavy atom. The molecule has 0 bridgehead atoms. The Morgan fingerprint density at radius 1 is 0.304 bits per heavy atom. The number of nitrogens with zero attached hydrogens (tertiary/aromatic N) is 1. The second kappa shape index (κ2) is 13.2. The zero-order chi connectivity index (χ0) is 37.0. The number of benzene rings is 10. The molecule has 2 nitrogen and oxygen atoms in total. The standard InChI is InChI=1S/C54H35NO/c1-3-23-44-36(14-1)16-11-27-46(44)39-19-10-22-43(34-39)55(51-29-7-5-25-48(51)47-28-12-17-37-15-2-4-24-45(37)47)42-21-9-18-38(33-42)41-32-40-20-13-31-53-54(40)50(35-41)49-26-6-8-30-52(49)56-53/h1-35H. The van der Waals surface area contributed by atoms with Gasteiger partial charge in [-0.1, -0.05) is 158 Å². The summed E-state index contributed by atoms with van der Waals surface area (Å²) in [4.78, 5) is 2.43. The van der Waals surface area contributed by atoms with Crippen molar-refractivity contribution in [1.82, 2.24) is 0 Å². The molecule has 262 valence electrons. The van der Waals surface area contributed by atoms with Crippen LogP contribution in [-0.2, 0) is 0 Å². The SMILES string of the molecule is c1cc(-c2cc3c4c(cccc4c2)Oc2ccccc2-3)cc(N(c2cccc(-c3cccc4ccccc34)c2)c2ccccc2-c2cccc3ccccc23)c1. The number of hydrogen-bond donors (Lipinski definition) is 0. The molecule has 2 heteroatoms. The monoisotopic (exact) mass is 713 g/mol. The van der Waals surface area contributed by atoms with Crippen molar-refractivity contribution in [2.75, 3.05) is 4.90 Å². The molecule has 0 amide bonds. The molecule has 10 aromatic rings. The van der Waals surface area contributed by atoms with E-state index in [0.29, 0.717) is 0 Å². The van der Waals surface area contributed by atoms with E-state index in [4.69, 9.17) is 4.74 Å². The number of ether oxygens (including phenoxy) is 1. The van der Waals surface area contributed by atoms with E-state index in [2.05, 4.69) is 211 Å². The minimum Gasteiger partial charge on any atom is -0.456 e. The van der Waals surface area contributed by atoms with Crippen LogP contribution in [0.25, 0.3) is 76.8 Å². The zero-order valence-corrected chi connectivity index (χ0v) is 30.6. The Labute approximate surface area is 326 Å². The van der Waals surface area contributed by atoms with Gasteiger partial charge >= 0.3 is 0 Å². The fourth-order valence-corrected chi connectivity index (χ4v) is 8.65. The summed E-state index contributed by atoms with van der Waals surface area (Å²) in [5.74, 6) is 1.79. The Kier molecular flexibility index (Phi) is 7.53. The molecule has 1 heterocycles. The number of anilines is 3. The van der Waals surface area contributed by atoms with E-state index in [0.717, 1.165) is 56.0 Å². The minimum atomic E-state index is 0.890. The molecule has 0 unspecified atom stereocenters. The van der Waals surface area contributed by atoms with Gasteiger partial charge in [0.1, 0.15) is 11.5 Å². The molecule has 1 aliphatic heterocycles. The Balaban J connectivity index is 1.13. The van der Waals surface area contributed by atoms with Crippen LogP contribution >= 0.6 is 0 Å². The predicted octanol–water partition coefficient (Wildman–Crippen LogP) is 15.4. The Bertz CT molecular complexity index is 3130. The third-order valence-electron chi connectivity index (χ3n) is 11.2. The second-order valence-electron chi connectivity index (χ2n) is 14.5. The molecule has 0 spiro atoms. The van der Waals surface area contributed by atoms with E-state index in [1.807, 2.05) is 6.07 Å². The highest BCUT2D eigenvalue weighted by atomic mass is 16.5. The lowest BCUT2D eigenvalue weighted by Crippen LogP contribution is -2.11. The molecular weight excluding hydrogens is 679 g/mol. The smallest absolute Gasteiger partial charge is 0.135 e. The van der Waals surface area contributed by atoms with E-state index in [1.54, 1.807) is 0 Å². The highest BCUT2D eigenvalue weighted by Crippen LogP contribution is 2.49. The Hall–Kier alpha value is -7.42. The van der Waals surface area contributed by atoms with Crippen molar-refractivity contribution in [3.8, 4) is 56.0 Å². The number of rotatable bonds is 6. The molecule has 1 aliphatic rings. The van der Waals surface area contributed by atoms with Gasteiger partial charge < -0.3 is 9.64 Å². The first-order valence-electron chi connectivity index (χ1n) is 19.2. The summed E-state index contributed by atoms with van der Waals surface area (Å²) in [6.07, 6.45) is 0. The molecule has 10 aromatic carbocycles. The minimum absolute atomic E-state index is 0.890. The fourth-order valence-electron chi connectivity index (χ4n) is 8.65. The van der Waals surface area contributed by atoms with Gasteiger partial charge in [0.25, 0.3) is 0 Å². The average molecular weight is 714 g/mol. The summed E-state index contributed by atoms with van der Waals surface area (Å²) in [5.41, 5.74) is 12.7. The van der Waals surface area contributed by atoms with Gasteiger partial charge in [-0.15, -0.1) is 0 Å². The van der Waals surface area contributed by atoms with Crippen LogP contribution in [0.4, 0.5) is 17.1 Å². The normalized spacial score (nSPS) is 11.7. The maximum atomic E-state index is 6.38. The van der Waals surface area contributed by atoms with Crippen LogP contribution in [0.2, 0.25) is 0 Å². The van der Waals surface area contributed by atoms with Crippen molar-refractivity contribution in [2.45, 2.75) is 0 Å². The summed E-state index contributed by atoms with van der Waals surface area (Å²) in [6, 6.07) is 76.7. The third-order valence-corrected chi connectivity index (χ3v) is 11.2. The summed E-state index contributed by atoms with van der Waals surface area (Å²) < 4.78 is 6.38. The quantitative estimate of drug-likeness (QED) is 0.170. The average Bonchev–Trinajstić information content (AvgIpc) is 3.26. The van der Waals surface area contributed by atoms with Crippen LogP contribution in [0, 0.1) is 0 Å². The fraction of sp³-hybridized carbons (Fsp3) is 0. The van der Waals surface area contributed by atoms with Gasteiger partial charge in [0.2, 0.25) is 0 Å². The van der Waals surface area contributed by atoms with Crippen molar-refractivity contribution >= 4 is 49.4 Å². The van der Waals surface area contributed by atoms with E-state index in [1.165, 1.54) is 49.4 Å². The summed E-state index contributed by atoms with van der Waals surface area (Å²) >= 11 is 0. The van der Waals surface area contributed by atoms with Gasteiger partial charge in [0, 0.05) is 27.9 Å². The van der Waals surface area contributed by atoms with Crippen molar-refractivity contribution in [3.05, 3.63) is 212 Å². The van der Waals surface area contributed by atoms with E-state index < -0.39 is 0 Å². The van der Waals surface area contributed by atoms with Crippen LogP contribution in [0.1, 0.15) is 0 Å². The lowest BCUT2D eigenvalue weighted by molar-refractivity contribution is 0.487. The van der Waals surface area contributed by atoms with Gasteiger partial charge in [-0.2, -0.15) is 0 Å². The first-order valence-corrected chi connectivity index (χ1v) is 19.2. The molecule has 56 heavy (non-hydrogen) atoms. The first kappa shape index (κ1) is 32.0. The molecular formula is C54H35NO. The number of para-hydroxylation sites is 2. The van der Waals surface area contributed by atoms with Gasteiger partial charge in [-0.25, -0.2) is 0 Å². The maximum Gasteiger partial charge on any atom is 0.135 e. The van der Waals surface area contributed by atoms with Crippen molar-refractivity contribution in [1.29, 1.82) is 0 Å². The summed E-state index contributed by atoms with van der Waals surface area (Å²) in [5, 5.41) is 7.25.